The third-order valence-electron chi connectivity index (χ3n) is 7.04. The van der Waals surface area contributed by atoms with Crippen molar-refractivity contribution >= 4 is 11.6 Å². The summed E-state index contributed by atoms with van der Waals surface area (Å²) in [4.78, 5) is 24.3. The Kier molecular flexibility index (Phi) is 3.22. The molecule has 0 aliphatic heterocycles. The van der Waals surface area contributed by atoms with Crippen LogP contribution in [0.5, 0.6) is 0 Å². The van der Waals surface area contributed by atoms with Crippen molar-refractivity contribution in [2.24, 2.45) is 23.2 Å². The number of rotatable bonds is 1. The maximum Gasteiger partial charge on any atom is 0.156 e. The Morgan fingerprint density at radius 3 is 2.73 bits per heavy atom. The summed E-state index contributed by atoms with van der Waals surface area (Å²) in [5.74, 6) is 2.54. The molecule has 2 fully saturated rings. The lowest BCUT2D eigenvalue weighted by Gasteiger charge is -2.50. The van der Waals surface area contributed by atoms with Gasteiger partial charge in [0.25, 0.3) is 0 Å². The van der Waals surface area contributed by atoms with Gasteiger partial charge in [0.1, 0.15) is 5.78 Å². The largest absolute Gasteiger partial charge is 0.299 e. The molecule has 0 saturated heterocycles. The van der Waals surface area contributed by atoms with Gasteiger partial charge in [-0.3, -0.25) is 9.59 Å². The fourth-order valence-electron chi connectivity index (χ4n) is 5.97. The Balaban J connectivity index is 1.83. The smallest absolute Gasteiger partial charge is 0.156 e. The Morgan fingerprint density at radius 2 is 1.95 bits per heavy atom. The molecule has 0 unspecified atom stereocenters. The van der Waals surface area contributed by atoms with Gasteiger partial charge in [-0.05, 0) is 73.5 Å². The number of allylic oxidation sites excluding steroid dienone is 4. The average molecular weight is 298 g/mol. The minimum atomic E-state index is -0.0683. The first-order valence-electron chi connectivity index (χ1n) is 9.04. The van der Waals surface area contributed by atoms with Crippen LogP contribution >= 0.6 is 0 Å². The van der Waals surface area contributed by atoms with Crippen LogP contribution in [-0.4, -0.2) is 11.6 Å². The topological polar surface area (TPSA) is 34.1 Å². The molecule has 118 valence electrons. The van der Waals surface area contributed by atoms with Gasteiger partial charge < -0.3 is 0 Å². The molecular formula is C20H26O2. The van der Waals surface area contributed by atoms with E-state index in [9.17, 15) is 9.59 Å². The van der Waals surface area contributed by atoms with E-state index < -0.39 is 0 Å². The Hall–Kier alpha value is -1.18. The Morgan fingerprint density at radius 1 is 1.14 bits per heavy atom. The first-order chi connectivity index (χ1) is 10.5. The maximum absolute atomic E-state index is 12.5. The number of carbonyl (C=O) groups is 2. The van der Waals surface area contributed by atoms with E-state index in [0.29, 0.717) is 35.7 Å². The standard InChI is InChI=1S/C20H26O2/c1-3-12-11-20(2)17(8-9-18(20)22)16-6-4-13-10-14(21)5-7-15(13)19(12)16/h10,12,16-17H,3-9,11H2,1-2H3/t12-,16-,17-,20-/m0/s1. The Labute approximate surface area is 133 Å². The fourth-order valence-corrected chi connectivity index (χ4v) is 5.97. The zero-order chi connectivity index (χ0) is 15.5. The van der Waals surface area contributed by atoms with E-state index in [1.807, 2.05) is 6.08 Å². The van der Waals surface area contributed by atoms with Crippen molar-refractivity contribution in [1.29, 1.82) is 0 Å². The van der Waals surface area contributed by atoms with Gasteiger partial charge in [-0.2, -0.15) is 0 Å². The molecular weight excluding hydrogens is 272 g/mol. The minimum absolute atomic E-state index is 0.0683. The molecule has 0 spiro atoms. The van der Waals surface area contributed by atoms with E-state index in [2.05, 4.69) is 13.8 Å². The average Bonchev–Trinajstić information content (AvgIpc) is 2.81. The monoisotopic (exact) mass is 298 g/mol. The van der Waals surface area contributed by atoms with Crippen molar-refractivity contribution in [3.8, 4) is 0 Å². The highest BCUT2D eigenvalue weighted by molar-refractivity contribution is 5.93. The summed E-state index contributed by atoms with van der Waals surface area (Å²) >= 11 is 0. The molecule has 22 heavy (non-hydrogen) atoms. The van der Waals surface area contributed by atoms with Crippen LogP contribution in [0.15, 0.2) is 22.8 Å². The molecule has 4 atom stereocenters. The van der Waals surface area contributed by atoms with Crippen molar-refractivity contribution in [2.45, 2.75) is 65.2 Å². The second-order valence-corrected chi connectivity index (χ2v) is 8.01. The normalized spacial score (nSPS) is 41.0. The molecule has 0 N–H and O–H groups in total. The van der Waals surface area contributed by atoms with Gasteiger partial charge in [0.05, 0.1) is 0 Å². The van der Waals surface area contributed by atoms with Crippen LogP contribution in [0.3, 0.4) is 0 Å². The van der Waals surface area contributed by atoms with Crippen molar-refractivity contribution in [2.75, 3.05) is 0 Å². The van der Waals surface area contributed by atoms with Gasteiger partial charge >= 0.3 is 0 Å². The number of ketones is 2. The number of fused-ring (bicyclic) bond motifs is 4. The molecule has 4 aliphatic carbocycles. The number of hydrogen-bond donors (Lipinski definition) is 0. The summed E-state index contributed by atoms with van der Waals surface area (Å²) in [6, 6.07) is 0. The van der Waals surface area contributed by atoms with Crippen LogP contribution in [0.25, 0.3) is 0 Å². The summed E-state index contributed by atoms with van der Waals surface area (Å²) in [5.41, 5.74) is 4.43. The molecule has 4 aliphatic rings. The van der Waals surface area contributed by atoms with Crippen LogP contribution in [0, 0.1) is 23.2 Å². The third kappa shape index (κ3) is 1.85. The van der Waals surface area contributed by atoms with E-state index in [-0.39, 0.29) is 5.41 Å². The lowest BCUT2D eigenvalue weighted by Crippen LogP contribution is -2.44. The first kappa shape index (κ1) is 14.4. The van der Waals surface area contributed by atoms with Crippen LogP contribution in [0.1, 0.15) is 65.2 Å². The Bertz CT molecular complexity index is 609. The predicted octanol–water partition coefficient (Wildman–Crippen LogP) is 4.40. The van der Waals surface area contributed by atoms with Crippen LogP contribution in [0.4, 0.5) is 0 Å². The van der Waals surface area contributed by atoms with E-state index in [1.54, 1.807) is 5.57 Å². The number of carbonyl (C=O) groups excluding carboxylic acids is 2. The van der Waals surface area contributed by atoms with E-state index in [4.69, 9.17) is 0 Å². The highest BCUT2D eigenvalue weighted by atomic mass is 16.1. The molecule has 0 bridgehead atoms. The van der Waals surface area contributed by atoms with Crippen LogP contribution in [-0.2, 0) is 9.59 Å². The fraction of sp³-hybridized carbons (Fsp3) is 0.700. The predicted molar refractivity (Wildman–Crippen MR) is 86.3 cm³/mol. The third-order valence-corrected chi connectivity index (χ3v) is 7.04. The van der Waals surface area contributed by atoms with Gasteiger partial charge in [0, 0.05) is 18.3 Å². The molecule has 2 heteroatoms. The van der Waals surface area contributed by atoms with E-state index >= 15 is 0 Å². The molecule has 0 amide bonds. The molecule has 4 rings (SSSR count). The molecule has 0 aromatic heterocycles. The summed E-state index contributed by atoms with van der Waals surface area (Å²) in [6.07, 6.45) is 9.81. The first-order valence-corrected chi connectivity index (χ1v) is 9.04. The van der Waals surface area contributed by atoms with Crippen molar-refractivity contribution in [1.82, 2.24) is 0 Å². The van der Waals surface area contributed by atoms with Crippen molar-refractivity contribution in [3.63, 3.8) is 0 Å². The zero-order valence-corrected chi connectivity index (χ0v) is 13.8. The van der Waals surface area contributed by atoms with E-state index in [1.165, 1.54) is 11.1 Å². The van der Waals surface area contributed by atoms with Gasteiger partial charge in [-0.15, -0.1) is 0 Å². The van der Waals surface area contributed by atoms with Gasteiger partial charge in [0.2, 0.25) is 0 Å². The molecule has 2 saturated carbocycles. The minimum Gasteiger partial charge on any atom is -0.299 e. The second-order valence-electron chi connectivity index (χ2n) is 8.01. The highest BCUT2D eigenvalue weighted by Gasteiger charge is 2.55. The molecule has 0 radical (unpaired) electrons. The SMILES string of the molecule is CC[C@H]1C[C@]2(C)C(=O)CC[C@H]2[C@@H]2CCC3=CC(=O)CCC3=C12. The zero-order valence-electron chi connectivity index (χ0n) is 13.8. The van der Waals surface area contributed by atoms with Crippen LogP contribution < -0.4 is 0 Å². The van der Waals surface area contributed by atoms with Gasteiger partial charge in [-0.1, -0.05) is 19.4 Å². The second kappa shape index (κ2) is 4.91. The number of hydrogen-bond acceptors (Lipinski definition) is 2. The lowest BCUT2D eigenvalue weighted by atomic mass is 9.54. The molecule has 0 aromatic carbocycles. The van der Waals surface area contributed by atoms with Crippen LogP contribution in [0.2, 0.25) is 0 Å². The molecule has 0 heterocycles. The summed E-state index contributed by atoms with van der Waals surface area (Å²) in [6.45, 7) is 4.51. The quantitative estimate of drug-likeness (QED) is 0.719. The lowest BCUT2D eigenvalue weighted by molar-refractivity contribution is -0.129. The maximum atomic E-state index is 12.5. The highest BCUT2D eigenvalue weighted by Crippen LogP contribution is 2.60. The van der Waals surface area contributed by atoms with Crippen molar-refractivity contribution in [3.05, 3.63) is 22.8 Å². The molecule has 2 nitrogen and oxygen atoms in total. The summed E-state index contributed by atoms with van der Waals surface area (Å²) < 4.78 is 0. The van der Waals surface area contributed by atoms with E-state index in [0.717, 1.165) is 44.9 Å². The number of Topliss-reactive ketones (excluding diaryl/α,β-unsaturated/α-hetero) is 1. The van der Waals surface area contributed by atoms with Crippen molar-refractivity contribution < 1.29 is 9.59 Å². The van der Waals surface area contributed by atoms with Gasteiger partial charge in [0.15, 0.2) is 5.78 Å². The molecule has 0 aromatic rings. The summed E-state index contributed by atoms with van der Waals surface area (Å²) in [7, 11) is 0. The summed E-state index contributed by atoms with van der Waals surface area (Å²) in [5, 5.41) is 0. The van der Waals surface area contributed by atoms with Gasteiger partial charge in [-0.25, -0.2) is 0 Å².